The first-order valence-electron chi connectivity index (χ1n) is 7.15. The van der Waals surface area contributed by atoms with Crippen molar-refractivity contribution in [3.8, 4) is 5.75 Å². The van der Waals surface area contributed by atoms with Gasteiger partial charge in [0.15, 0.2) is 9.84 Å². The van der Waals surface area contributed by atoms with Crippen LogP contribution >= 0.6 is 0 Å². The predicted molar refractivity (Wildman–Crippen MR) is 88.6 cm³/mol. The van der Waals surface area contributed by atoms with Gasteiger partial charge in [-0.05, 0) is 30.7 Å². The maximum Gasteiger partial charge on any atom is 0.252 e. The Bertz CT molecular complexity index is 800. The molecule has 0 aliphatic rings. The molecule has 0 radical (unpaired) electrons. The van der Waals surface area contributed by atoms with Gasteiger partial charge in [0, 0.05) is 6.26 Å². The lowest BCUT2D eigenvalue weighted by Gasteiger charge is -2.11. The molecule has 2 rings (SSSR count). The molecule has 0 aliphatic heterocycles. The van der Waals surface area contributed by atoms with E-state index in [1.54, 1.807) is 12.1 Å². The maximum absolute atomic E-state index is 12.2. The van der Waals surface area contributed by atoms with Crippen molar-refractivity contribution in [2.45, 2.75) is 11.8 Å². The predicted octanol–water partition coefficient (Wildman–Crippen LogP) is 2.21. The third kappa shape index (κ3) is 4.56. The summed E-state index contributed by atoms with van der Waals surface area (Å²) in [4.78, 5) is 12.2. The fourth-order valence-electron chi connectivity index (χ4n) is 2.12. The fraction of sp³-hybridized carbons (Fsp3) is 0.235. The van der Waals surface area contributed by atoms with Gasteiger partial charge in [-0.3, -0.25) is 4.79 Å². The summed E-state index contributed by atoms with van der Waals surface area (Å²) in [6.45, 7) is 2.53. The van der Waals surface area contributed by atoms with Gasteiger partial charge >= 0.3 is 0 Å². The molecule has 0 aliphatic carbocycles. The third-order valence-electron chi connectivity index (χ3n) is 3.27. The van der Waals surface area contributed by atoms with Crippen LogP contribution in [0.25, 0.3) is 0 Å². The number of ether oxygens (including phenoxy) is 1. The first-order chi connectivity index (χ1) is 10.9. The highest BCUT2D eigenvalue weighted by molar-refractivity contribution is 7.90. The van der Waals surface area contributed by atoms with Crippen molar-refractivity contribution in [1.29, 1.82) is 0 Å². The van der Waals surface area contributed by atoms with Crippen LogP contribution in [0.15, 0.2) is 53.4 Å². The minimum atomic E-state index is -3.45. The topological polar surface area (TPSA) is 72.5 Å². The lowest BCUT2D eigenvalue weighted by atomic mass is 10.2. The first kappa shape index (κ1) is 17.0. The van der Waals surface area contributed by atoms with Crippen LogP contribution in [0.1, 0.15) is 15.9 Å². The van der Waals surface area contributed by atoms with E-state index in [9.17, 15) is 13.2 Å². The highest BCUT2D eigenvalue weighted by atomic mass is 32.2. The lowest BCUT2D eigenvalue weighted by molar-refractivity contribution is 0.0943. The number of carbonyl (C=O) groups excluding carboxylic acids is 1. The summed E-state index contributed by atoms with van der Waals surface area (Å²) in [5.74, 6) is 0.331. The molecule has 2 aromatic carbocycles. The second kappa shape index (κ2) is 7.28. The summed E-state index contributed by atoms with van der Waals surface area (Å²) in [5.41, 5.74) is 1.16. The SMILES string of the molecule is Cc1ccccc1OCCNC(=O)c1ccccc1S(C)(=O)=O. The number of sulfone groups is 1. The number of nitrogens with one attached hydrogen (secondary N) is 1. The normalized spacial score (nSPS) is 11.0. The molecule has 0 atom stereocenters. The molecular weight excluding hydrogens is 314 g/mol. The molecule has 0 unspecified atom stereocenters. The van der Waals surface area contributed by atoms with Crippen LogP contribution in [0.2, 0.25) is 0 Å². The van der Waals surface area contributed by atoms with Gasteiger partial charge in [-0.2, -0.15) is 0 Å². The van der Waals surface area contributed by atoms with Gasteiger partial charge in [-0.25, -0.2) is 8.42 Å². The summed E-state index contributed by atoms with van der Waals surface area (Å²) in [6.07, 6.45) is 1.08. The van der Waals surface area contributed by atoms with E-state index in [0.29, 0.717) is 6.61 Å². The van der Waals surface area contributed by atoms with Crippen molar-refractivity contribution >= 4 is 15.7 Å². The molecule has 122 valence electrons. The Morgan fingerprint density at radius 3 is 2.43 bits per heavy atom. The van der Waals surface area contributed by atoms with Gasteiger partial charge in [-0.15, -0.1) is 0 Å². The Balaban J connectivity index is 1.95. The second-order valence-corrected chi connectivity index (χ2v) is 7.12. The number of para-hydroxylation sites is 1. The Kier molecular flexibility index (Phi) is 5.39. The van der Waals surface area contributed by atoms with Crippen LogP contribution in [0.3, 0.4) is 0 Å². The summed E-state index contributed by atoms with van der Waals surface area (Å²) in [5, 5.41) is 2.67. The monoisotopic (exact) mass is 333 g/mol. The number of rotatable bonds is 6. The summed E-state index contributed by atoms with van der Waals surface area (Å²) >= 11 is 0. The molecule has 5 nitrogen and oxygen atoms in total. The minimum absolute atomic E-state index is 0.0253. The van der Waals surface area contributed by atoms with Gasteiger partial charge in [0.25, 0.3) is 5.91 Å². The number of hydrogen-bond acceptors (Lipinski definition) is 4. The van der Waals surface area contributed by atoms with E-state index in [2.05, 4.69) is 5.32 Å². The van der Waals surface area contributed by atoms with E-state index in [1.807, 2.05) is 31.2 Å². The van der Waals surface area contributed by atoms with E-state index >= 15 is 0 Å². The largest absolute Gasteiger partial charge is 0.491 e. The fourth-order valence-corrected chi connectivity index (χ4v) is 3.00. The average molecular weight is 333 g/mol. The van der Waals surface area contributed by atoms with E-state index < -0.39 is 15.7 Å². The van der Waals surface area contributed by atoms with Gasteiger partial charge in [0.1, 0.15) is 12.4 Å². The van der Waals surface area contributed by atoms with Gasteiger partial charge in [0.2, 0.25) is 0 Å². The Labute approximate surface area is 136 Å². The van der Waals surface area contributed by atoms with E-state index in [1.165, 1.54) is 12.1 Å². The summed E-state index contributed by atoms with van der Waals surface area (Å²) < 4.78 is 29.0. The molecule has 0 bridgehead atoms. The van der Waals surface area contributed by atoms with Crippen molar-refractivity contribution < 1.29 is 17.9 Å². The summed E-state index contributed by atoms with van der Waals surface area (Å²) in [7, 11) is -3.45. The Morgan fingerprint density at radius 2 is 1.74 bits per heavy atom. The van der Waals surface area contributed by atoms with Crippen LogP contribution in [0, 0.1) is 6.92 Å². The molecule has 0 saturated heterocycles. The van der Waals surface area contributed by atoms with Crippen LogP contribution in [-0.4, -0.2) is 33.7 Å². The Hall–Kier alpha value is -2.34. The van der Waals surface area contributed by atoms with Gasteiger partial charge < -0.3 is 10.1 Å². The van der Waals surface area contributed by atoms with Gasteiger partial charge in [0.05, 0.1) is 17.0 Å². The number of carbonyl (C=O) groups is 1. The molecular formula is C17H19NO4S. The molecule has 0 aromatic heterocycles. The number of aryl methyl sites for hydroxylation is 1. The zero-order valence-corrected chi connectivity index (χ0v) is 13.9. The smallest absolute Gasteiger partial charge is 0.252 e. The molecule has 23 heavy (non-hydrogen) atoms. The van der Waals surface area contributed by atoms with Crippen molar-refractivity contribution in [2.24, 2.45) is 0 Å². The van der Waals surface area contributed by atoms with Crippen molar-refractivity contribution in [1.82, 2.24) is 5.32 Å². The quantitative estimate of drug-likeness (QED) is 0.823. The van der Waals surface area contributed by atoms with Crippen LogP contribution < -0.4 is 10.1 Å². The van der Waals surface area contributed by atoms with Crippen LogP contribution in [-0.2, 0) is 9.84 Å². The van der Waals surface area contributed by atoms with E-state index in [0.717, 1.165) is 17.6 Å². The standard InChI is InChI=1S/C17H19NO4S/c1-13-7-3-5-9-15(13)22-12-11-18-17(19)14-8-4-6-10-16(14)23(2,20)21/h3-10H,11-12H2,1-2H3,(H,18,19). The second-order valence-electron chi connectivity index (χ2n) is 5.14. The Morgan fingerprint density at radius 1 is 1.09 bits per heavy atom. The zero-order valence-electron chi connectivity index (χ0n) is 13.1. The number of amides is 1. The molecule has 0 spiro atoms. The molecule has 2 aromatic rings. The van der Waals surface area contributed by atoms with Crippen molar-refractivity contribution in [3.05, 3.63) is 59.7 Å². The van der Waals surface area contributed by atoms with E-state index in [-0.39, 0.29) is 17.0 Å². The van der Waals surface area contributed by atoms with E-state index in [4.69, 9.17) is 4.74 Å². The molecule has 0 fully saturated rings. The first-order valence-corrected chi connectivity index (χ1v) is 9.04. The molecule has 0 saturated carbocycles. The minimum Gasteiger partial charge on any atom is -0.491 e. The number of hydrogen-bond donors (Lipinski definition) is 1. The average Bonchev–Trinajstić information content (AvgIpc) is 2.52. The van der Waals surface area contributed by atoms with Crippen molar-refractivity contribution in [3.63, 3.8) is 0 Å². The third-order valence-corrected chi connectivity index (χ3v) is 4.42. The lowest BCUT2D eigenvalue weighted by Crippen LogP contribution is -2.29. The molecule has 0 heterocycles. The maximum atomic E-state index is 12.2. The van der Waals surface area contributed by atoms with Crippen LogP contribution in [0.5, 0.6) is 5.75 Å². The van der Waals surface area contributed by atoms with Gasteiger partial charge in [-0.1, -0.05) is 30.3 Å². The molecule has 1 amide bonds. The highest BCUT2D eigenvalue weighted by Gasteiger charge is 2.17. The molecule has 1 N–H and O–H groups in total. The highest BCUT2D eigenvalue weighted by Crippen LogP contribution is 2.16. The zero-order chi connectivity index (χ0) is 16.9. The van der Waals surface area contributed by atoms with Crippen LogP contribution in [0.4, 0.5) is 0 Å². The van der Waals surface area contributed by atoms with Crippen molar-refractivity contribution in [2.75, 3.05) is 19.4 Å². The summed E-state index contributed by atoms with van der Waals surface area (Å²) in [6, 6.07) is 13.7. The number of benzene rings is 2. The molecule has 6 heteroatoms.